The molecule has 0 atom stereocenters. The van der Waals surface area contributed by atoms with Crippen molar-refractivity contribution >= 4 is 28.9 Å². The summed E-state index contributed by atoms with van der Waals surface area (Å²) in [6.45, 7) is 3.05. The van der Waals surface area contributed by atoms with Gasteiger partial charge >= 0.3 is 6.18 Å². The van der Waals surface area contributed by atoms with Crippen LogP contribution in [-0.4, -0.2) is 56.6 Å². The second-order valence-corrected chi connectivity index (χ2v) is 10.4. The summed E-state index contributed by atoms with van der Waals surface area (Å²) in [5, 5.41) is 13.4. The minimum atomic E-state index is -4.72. The number of carbonyl (C=O) groups excluding carboxylic acids is 1. The van der Waals surface area contributed by atoms with Crippen molar-refractivity contribution in [3.63, 3.8) is 0 Å². The second-order valence-electron chi connectivity index (χ2n) is 10.4. The molecule has 4 aromatic rings. The Labute approximate surface area is 244 Å². The van der Waals surface area contributed by atoms with E-state index in [0.717, 1.165) is 17.7 Å². The van der Waals surface area contributed by atoms with Crippen molar-refractivity contribution in [2.45, 2.75) is 38.9 Å². The average molecular weight is 601 g/mol. The minimum absolute atomic E-state index is 0.0518. The maximum Gasteiger partial charge on any atom is 0.416 e. The van der Waals surface area contributed by atoms with Crippen LogP contribution >= 0.6 is 0 Å². The Hall–Kier alpha value is -4.59. The molecule has 1 aliphatic heterocycles. The van der Waals surface area contributed by atoms with Crippen molar-refractivity contribution in [1.82, 2.24) is 24.6 Å². The van der Waals surface area contributed by atoms with Gasteiger partial charge < -0.3 is 16.0 Å². The number of rotatable bonds is 8. The second kappa shape index (κ2) is 11.6. The molecule has 43 heavy (non-hydrogen) atoms. The fourth-order valence-corrected chi connectivity index (χ4v) is 4.82. The molecule has 0 unspecified atom stereocenters. The van der Waals surface area contributed by atoms with E-state index in [9.17, 15) is 26.7 Å². The largest absolute Gasteiger partial charge is 0.416 e. The number of nitrogens with zero attached hydrogens (tertiary/aromatic N) is 5. The molecular formula is C29H29F5N8O. The molecule has 0 aliphatic carbocycles. The van der Waals surface area contributed by atoms with Gasteiger partial charge in [-0.05, 0) is 55.3 Å². The summed E-state index contributed by atoms with van der Waals surface area (Å²) < 4.78 is 70.0. The first-order chi connectivity index (χ1) is 20.3. The fraction of sp³-hybridized carbons (Fsp3) is 0.310. The van der Waals surface area contributed by atoms with Gasteiger partial charge in [-0.2, -0.15) is 23.0 Å². The first-order valence-corrected chi connectivity index (χ1v) is 13.4. The first-order valence-electron chi connectivity index (χ1n) is 13.4. The lowest BCUT2D eigenvalue weighted by Crippen LogP contribution is -2.25. The van der Waals surface area contributed by atoms with Crippen LogP contribution in [0.3, 0.4) is 0 Å². The topological polar surface area (TPSA) is 100 Å². The molecule has 1 saturated heterocycles. The van der Waals surface area contributed by atoms with Crippen molar-refractivity contribution in [2.24, 2.45) is 0 Å². The lowest BCUT2D eigenvalue weighted by molar-refractivity contribution is -0.137. The highest BCUT2D eigenvalue weighted by Gasteiger charge is 2.38. The molecule has 5 rings (SSSR count). The zero-order valence-electron chi connectivity index (χ0n) is 23.6. The van der Waals surface area contributed by atoms with E-state index in [0.29, 0.717) is 34.5 Å². The van der Waals surface area contributed by atoms with Crippen molar-refractivity contribution in [3.05, 3.63) is 82.8 Å². The number of halogens is 5. The molecule has 1 aliphatic rings. The maximum atomic E-state index is 13.7. The summed E-state index contributed by atoms with van der Waals surface area (Å²) >= 11 is 0. The van der Waals surface area contributed by atoms with Crippen LogP contribution in [-0.2, 0) is 12.7 Å². The van der Waals surface area contributed by atoms with Crippen molar-refractivity contribution < 1.29 is 26.7 Å². The number of hydrogen-bond donors (Lipinski definition) is 3. The van der Waals surface area contributed by atoms with Crippen LogP contribution in [0.5, 0.6) is 0 Å². The molecule has 3 N–H and O–H groups in total. The van der Waals surface area contributed by atoms with E-state index in [1.807, 2.05) is 19.9 Å². The standard InChI is InChI=1S/C29H29F5N8O/c1-17-4-5-22(12-23(17)39-26-8-18(2)40-42(26)25-13-24(35-3)36-16-37-25)38-27(43)20-9-19(10-21(11-20)29(32,33)34)14-41-7-6-28(30,31)15-41/h4-5,8-13,16,39H,6-7,14-15H2,1-3H3,(H,38,43)(H,35,36,37). The summed E-state index contributed by atoms with van der Waals surface area (Å²) in [5.41, 5.74) is 1.35. The molecule has 0 bridgehead atoms. The molecule has 9 nitrogen and oxygen atoms in total. The number of likely N-dealkylation sites (tertiary alicyclic amines) is 1. The Balaban J connectivity index is 1.39. The summed E-state index contributed by atoms with van der Waals surface area (Å²) in [6, 6.07) is 11.5. The van der Waals surface area contributed by atoms with Crippen LogP contribution in [0.1, 0.15) is 39.2 Å². The van der Waals surface area contributed by atoms with Gasteiger partial charge in [0.2, 0.25) is 0 Å². The fourth-order valence-electron chi connectivity index (χ4n) is 4.82. The monoisotopic (exact) mass is 600 g/mol. The number of carbonyl (C=O) groups is 1. The molecule has 0 radical (unpaired) electrons. The van der Waals surface area contributed by atoms with Crippen molar-refractivity contribution in [3.8, 4) is 5.82 Å². The van der Waals surface area contributed by atoms with Crippen LogP contribution in [0.15, 0.2) is 54.9 Å². The Morgan fingerprint density at radius 2 is 1.84 bits per heavy atom. The van der Waals surface area contributed by atoms with Gasteiger partial charge in [-0.15, -0.1) is 0 Å². The lowest BCUT2D eigenvalue weighted by Gasteiger charge is -2.18. The van der Waals surface area contributed by atoms with Gasteiger partial charge in [-0.3, -0.25) is 9.69 Å². The predicted octanol–water partition coefficient (Wildman–Crippen LogP) is 6.18. The average Bonchev–Trinajstić information content (AvgIpc) is 3.49. The summed E-state index contributed by atoms with van der Waals surface area (Å²) in [4.78, 5) is 23.0. The zero-order chi connectivity index (χ0) is 30.9. The normalized spacial score (nSPS) is 15.0. The van der Waals surface area contributed by atoms with E-state index in [1.54, 1.807) is 36.0 Å². The van der Waals surface area contributed by atoms with Gasteiger partial charge in [0.25, 0.3) is 11.8 Å². The molecular weight excluding hydrogens is 571 g/mol. The number of nitrogens with one attached hydrogen (secondary N) is 3. The van der Waals surface area contributed by atoms with Crippen molar-refractivity contribution in [2.75, 3.05) is 36.1 Å². The zero-order valence-corrected chi connectivity index (χ0v) is 23.6. The van der Waals surface area contributed by atoms with E-state index >= 15 is 0 Å². The van der Waals surface area contributed by atoms with Crippen LogP contribution in [0, 0.1) is 13.8 Å². The quantitative estimate of drug-likeness (QED) is 0.208. The maximum absolute atomic E-state index is 13.7. The Bertz CT molecular complexity index is 1650. The first kappa shape index (κ1) is 29.9. The highest BCUT2D eigenvalue weighted by Crippen LogP contribution is 2.33. The van der Waals surface area contributed by atoms with E-state index in [1.165, 1.54) is 17.3 Å². The third kappa shape index (κ3) is 7.08. The number of anilines is 4. The Morgan fingerprint density at radius 3 is 2.53 bits per heavy atom. The summed E-state index contributed by atoms with van der Waals surface area (Å²) in [7, 11) is 1.73. The van der Waals surface area contributed by atoms with Crippen LogP contribution in [0.2, 0.25) is 0 Å². The van der Waals surface area contributed by atoms with Gasteiger partial charge in [-0.25, -0.2) is 18.7 Å². The molecule has 1 fully saturated rings. The molecule has 0 spiro atoms. The van der Waals surface area contributed by atoms with E-state index in [2.05, 4.69) is 31.0 Å². The number of amides is 1. The van der Waals surface area contributed by atoms with Gasteiger partial charge in [0.15, 0.2) is 5.82 Å². The molecule has 1 amide bonds. The molecule has 2 aromatic heterocycles. The lowest BCUT2D eigenvalue weighted by atomic mass is 10.0. The smallest absolute Gasteiger partial charge is 0.373 e. The SMILES string of the molecule is CNc1cc(-n2nc(C)cc2Nc2cc(NC(=O)c3cc(CN4CCC(F)(F)C4)cc(C(F)(F)F)c3)ccc2C)ncn1. The van der Waals surface area contributed by atoms with E-state index in [4.69, 9.17) is 0 Å². The molecule has 226 valence electrons. The van der Waals surface area contributed by atoms with Crippen LogP contribution in [0.4, 0.5) is 45.0 Å². The van der Waals surface area contributed by atoms with Crippen molar-refractivity contribution in [1.29, 1.82) is 0 Å². The van der Waals surface area contributed by atoms with Crippen LogP contribution < -0.4 is 16.0 Å². The van der Waals surface area contributed by atoms with Gasteiger partial charge in [-0.1, -0.05) is 6.07 Å². The number of alkyl halides is 5. The third-order valence-electron chi connectivity index (χ3n) is 6.95. The molecule has 3 heterocycles. The third-order valence-corrected chi connectivity index (χ3v) is 6.95. The van der Waals surface area contributed by atoms with Gasteiger partial charge in [0.1, 0.15) is 18.0 Å². The summed E-state index contributed by atoms with van der Waals surface area (Å²) in [6.07, 6.45) is -3.68. The molecule has 0 saturated carbocycles. The highest BCUT2D eigenvalue weighted by molar-refractivity contribution is 6.04. The van der Waals surface area contributed by atoms with E-state index in [-0.39, 0.29) is 30.6 Å². The minimum Gasteiger partial charge on any atom is -0.373 e. The van der Waals surface area contributed by atoms with Gasteiger partial charge in [0.05, 0.1) is 17.8 Å². The van der Waals surface area contributed by atoms with Crippen LogP contribution in [0.25, 0.3) is 5.82 Å². The predicted molar refractivity (Wildman–Crippen MR) is 152 cm³/mol. The number of aromatic nitrogens is 4. The molecule has 2 aromatic carbocycles. The van der Waals surface area contributed by atoms with E-state index < -0.39 is 30.1 Å². The summed E-state index contributed by atoms with van der Waals surface area (Å²) in [5.74, 6) is -1.97. The van der Waals surface area contributed by atoms with Gasteiger partial charge in [0, 0.05) is 55.6 Å². The molecule has 14 heteroatoms. The highest BCUT2D eigenvalue weighted by atomic mass is 19.4. The number of hydrogen-bond acceptors (Lipinski definition) is 7. The number of aryl methyl sites for hydroxylation is 2. The Morgan fingerprint density at radius 1 is 1.05 bits per heavy atom. The Kier molecular flexibility index (Phi) is 8.06. The number of benzene rings is 2.